The second-order valence-electron chi connectivity index (χ2n) is 11.4. The molecule has 0 bridgehead atoms. The number of fused-ring (bicyclic) bond motifs is 1. The Morgan fingerprint density at radius 2 is 1.74 bits per heavy atom. The first-order chi connectivity index (χ1) is 20.9. The van der Waals surface area contributed by atoms with Crippen LogP contribution in [0.5, 0.6) is 0 Å². The molecule has 1 spiro atoms. The first-order valence-electron chi connectivity index (χ1n) is 14.4. The first-order valence-corrected chi connectivity index (χ1v) is 14.4. The maximum atomic E-state index is 13.5. The van der Waals surface area contributed by atoms with Crippen molar-refractivity contribution in [3.63, 3.8) is 0 Å². The van der Waals surface area contributed by atoms with Gasteiger partial charge in [-0.15, -0.1) is 0 Å². The van der Waals surface area contributed by atoms with Crippen LogP contribution in [0.2, 0.25) is 0 Å². The number of aromatic nitrogens is 5. The summed E-state index contributed by atoms with van der Waals surface area (Å²) in [5.74, 6) is 0.645. The quantitative estimate of drug-likeness (QED) is 0.288. The molecule has 0 unspecified atom stereocenters. The monoisotopic (exact) mass is 574 g/mol. The molecule has 2 aliphatic heterocycles. The van der Waals surface area contributed by atoms with Gasteiger partial charge in [0.2, 0.25) is 5.91 Å². The van der Waals surface area contributed by atoms with E-state index in [2.05, 4.69) is 45.7 Å². The third-order valence-corrected chi connectivity index (χ3v) is 8.60. The predicted molar refractivity (Wildman–Crippen MR) is 163 cm³/mol. The van der Waals surface area contributed by atoms with Gasteiger partial charge in [0.15, 0.2) is 11.5 Å². The molecule has 0 radical (unpaired) electrons. The maximum absolute atomic E-state index is 13.5. The Bertz CT molecular complexity index is 1820. The van der Waals surface area contributed by atoms with Gasteiger partial charge >= 0.3 is 0 Å². The van der Waals surface area contributed by atoms with Crippen molar-refractivity contribution in [2.75, 3.05) is 31.9 Å². The Kier molecular flexibility index (Phi) is 6.70. The Labute approximate surface area is 248 Å². The van der Waals surface area contributed by atoms with Crippen molar-refractivity contribution in [3.05, 3.63) is 97.1 Å². The molecule has 2 saturated heterocycles. The molecule has 9 nitrogen and oxygen atoms in total. The lowest BCUT2D eigenvalue weighted by atomic mass is 9.72. The molecule has 4 aromatic heterocycles. The van der Waals surface area contributed by atoms with E-state index in [0.29, 0.717) is 45.2 Å². The third kappa shape index (κ3) is 5.03. The minimum absolute atomic E-state index is 0.0321. The number of hydrogen-bond acceptors (Lipinski definition) is 7. The average Bonchev–Trinajstić information content (AvgIpc) is 3.40. The minimum Gasteiger partial charge on any atom is -0.383 e. The molecule has 1 aromatic carbocycles. The van der Waals surface area contributed by atoms with Gasteiger partial charge in [0.25, 0.3) is 0 Å². The minimum atomic E-state index is -0.400. The van der Waals surface area contributed by atoms with Crippen molar-refractivity contribution in [2.45, 2.75) is 19.4 Å². The molecule has 0 aliphatic carbocycles. The van der Waals surface area contributed by atoms with E-state index in [-0.39, 0.29) is 5.91 Å². The summed E-state index contributed by atoms with van der Waals surface area (Å²) >= 11 is 0. The highest BCUT2D eigenvalue weighted by atomic mass is 19.1. The van der Waals surface area contributed by atoms with Crippen LogP contribution >= 0.6 is 0 Å². The standard InChI is InChI=1S/C33H31FN8O/c1-2-29(43)41-16-13-33(14-17-41)20-40(21-33)19-22-5-8-24(9-6-22)42-31(25-4-3-15-36-30(25)35)39-28-12-11-27(38-32(28)42)26-10-7-23(34)18-37-26/h2-12,15,18H,1,13-14,16-17,19-21H2,(H2,35,36). The summed E-state index contributed by atoms with van der Waals surface area (Å²) in [7, 11) is 0. The number of pyridine rings is 3. The highest BCUT2D eigenvalue weighted by Gasteiger charge is 2.44. The fourth-order valence-corrected chi connectivity index (χ4v) is 6.33. The molecule has 0 atom stereocenters. The highest BCUT2D eigenvalue weighted by Crippen LogP contribution is 2.41. The van der Waals surface area contributed by atoms with Gasteiger partial charge in [0, 0.05) is 44.6 Å². The van der Waals surface area contributed by atoms with E-state index in [0.717, 1.165) is 51.3 Å². The van der Waals surface area contributed by atoms with Gasteiger partial charge in [-0.05, 0) is 78.4 Å². The number of rotatable bonds is 6. The van der Waals surface area contributed by atoms with Crippen LogP contribution in [-0.4, -0.2) is 66.4 Å². The van der Waals surface area contributed by atoms with Gasteiger partial charge < -0.3 is 10.6 Å². The van der Waals surface area contributed by atoms with Crippen molar-refractivity contribution >= 4 is 22.9 Å². The Hall–Kier alpha value is -4.96. The molecule has 216 valence electrons. The van der Waals surface area contributed by atoms with Crippen LogP contribution in [0.1, 0.15) is 18.4 Å². The lowest BCUT2D eigenvalue weighted by Gasteiger charge is -2.54. The van der Waals surface area contributed by atoms with E-state index in [9.17, 15) is 9.18 Å². The molecular weight excluding hydrogens is 543 g/mol. The molecule has 5 aromatic rings. The fourth-order valence-electron chi connectivity index (χ4n) is 6.33. The Morgan fingerprint density at radius 3 is 2.44 bits per heavy atom. The van der Waals surface area contributed by atoms with Crippen LogP contribution in [-0.2, 0) is 11.3 Å². The van der Waals surface area contributed by atoms with Gasteiger partial charge in [-0.25, -0.2) is 19.3 Å². The molecule has 0 saturated carbocycles. The SMILES string of the molecule is C=CC(=O)N1CCC2(CC1)CN(Cc1ccc(-n3c(-c4cccnc4N)nc4ccc(-c5ccc(F)cn5)nc43)cc1)C2. The predicted octanol–water partition coefficient (Wildman–Crippen LogP) is 4.88. The van der Waals surface area contributed by atoms with E-state index in [1.54, 1.807) is 12.3 Å². The molecule has 2 aliphatic rings. The number of likely N-dealkylation sites (tertiary alicyclic amines) is 2. The number of amides is 1. The number of imidazole rings is 1. The molecule has 2 N–H and O–H groups in total. The van der Waals surface area contributed by atoms with Crippen LogP contribution in [0.3, 0.4) is 0 Å². The van der Waals surface area contributed by atoms with Gasteiger partial charge in [0.1, 0.15) is 17.2 Å². The second-order valence-corrected chi connectivity index (χ2v) is 11.4. The zero-order valence-corrected chi connectivity index (χ0v) is 23.7. The molecule has 2 fully saturated rings. The van der Waals surface area contributed by atoms with Crippen molar-refractivity contribution < 1.29 is 9.18 Å². The number of nitrogens with two attached hydrogens (primary N) is 1. The van der Waals surface area contributed by atoms with E-state index >= 15 is 0 Å². The summed E-state index contributed by atoms with van der Waals surface area (Å²) in [4.78, 5) is 34.6. The molecule has 7 rings (SSSR count). The van der Waals surface area contributed by atoms with Crippen LogP contribution in [0.15, 0.2) is 85.7 Å². The summed E-state index contributed by atoms with van der Waals surface area (Å²) in [5, 5.41) is 0. The summed E-state index contributed by atoms with van der Waals surface area (Å²) in [6.45, 7) is 8.19. The Morgan fingerprint density at radius 1 is 0.977 bits per heavy atom. The smallest absolute Gasteiger partial charge is 0.245 e. The number of hydrogen-bond donors (Lipinski definition) is 1. The van der Waals surface area contributed by atoms with Crippen molar-refractivity contribution in [1.29, 1.82) is 0 Å². The molecule has 43 heavy (non-hydrogen) atoms. The first kappa shape index (κ1) is 26.9. The number of anilines is 1. The Balaban J connectivity index is 1.16. The van der Waals surface area contributed by atoms with E-state index < -0.39 is 5.82 Å². The lowest BCUT2D eigenvalue weighted by Crippen LogP contribution is -2.60. The fraction of sp³-hybridized carbons (Fsp3) is 0.242. The third-order valence-electron chi connectivity index (χ3n) is 8.60. The van der Waals surface area contributed by atoms with Crippen molar-refractivity contribution in [3.8, 4) is 28.5 Å². The van der Waals surface area contributed by atoms with Crippen molar-refractivity contribution in [2.24, 2.45) is 5.41 Å². The summed E-state index contributed by atoms with van der Waals surface area (Å²) < 4.78 is 15.5. The maximum Gasteiger partial charge on any atom is 0.245 e. The van der Waals surface area contributed by atoms with Crippen LogP contribution in [0.4, 0.5) is 10.2 Å². The van der Waals surface area contributed by atoms with Gasteiger partial charge in [-0.1, -0.05) is 18.7 Å². The number of halogens is 1. The van der Waals surface area contributed by atoms with E-state index in [4.69, 9.17) is 15.7 Å². The zero-order chi connectivity index (χ0) is 29.6. The number of benzene rings is 1. The van der Waals surface area contributed by atoms with Crippen LogP contribution in [0.25, 0.3) is 39.6 Å². The number of carbonyl (C=O) groups excluding carboxylic acids is 1. The zero-order valence-electron chi connectivity index (χ0n) is 23.7. The normalized spacial score (nSPS) is 16.3. The van der Waals surface area contributed by atoms with E-state index in [1.807, 2.05) is 33.7 Å². The summed E-state index contributed by atoms with van der Waals surface area (Å²) in [5.41, 5.74) is 11.9. The lowest BCUT2D eigenvalue weighted by molar-refractivity contribution is -0.131. The van der Waals surface area contributed by atoms with Gasteiger partial charge in [0.05, 0.1) is 23.1 Å². The number of carbonyl (C=O) groups is 1. The van der Waals surface area contributed by atoms with Crippen LogP contribution in [0, 0.1) is 11.2 Å². The van der Waals surface area contributed by atoms with Gasteiger partial charge in [-0.2, -0.15) is 0 Å². The molecule has 6 heterocycles. The topological polar surface area (TPSA) is 106 Å². The molecule has 1 amide bonds. The van der Waals surface area contributed by atoms with Crippen LogP contribution < -0.4 is 5.73 Å². The summed E-state index contributed by atoms with van der Waals surface area (Å²) in [6, 6.07) is 18.9. The number of piperidine rings is 1. The summed E-state index contributed by atoms with van der Waals surface area (Å²) in [6.07, 6.45) is 6.33. The largest absolute Gasteiger partial charge is 0.383 e. The highest BCUT2D eigenvalue weighted by molar-refractivity contribution is 5.87. The number of nitrogen functional groups attached to an aromatic ring is 1. The molecular formula is C33H31FN8O. The van der Waals surface area contributed by atoms with Gasteiger partial charge in [-0.3, -0.25) is 19.2 Å². The van der Waals surface area contributed by atoms with Crippen molar-refractivity contribution in [1.82, 2.24) is 34.3 Å². The second kappa shape index (κ2) is 10.7. The molecule has 10 heteroatoms. The number of nitrogens with zero attached hydrogens (tertiary/aromatic N) is 7. The average molecular weight is 575 g/mol. The van der Waals surface area contributed by atoms with E-state index in [1.165, 1.54) is 23.9 Å².